The molecule has 0 saturated heterocycles. The number of nitrogens with zero attached hydrogens (tertiary/aromatic N) is 4. The molecule has 3 aromatic rings. The number of likely N-dealkylation sites (N-methyl/N-ethyl adjacent to an activating group) is 1. The van der Waals surface area contributed by atoms with E-state index in [4.69, 9.17) is 0 Å². The van der Waals surface area contributed by atoms with Crippen LogP contribution < -0.4 is 5.32 Å². The van der Waals surface area contributed by atoms with Crippen LogP contribution in [0.15, 0.2) is 48.8 Å². The van der Waals surface area contributed by atoms with E-state index >= 15 is 0 Å². The molecule has 0 unspecified atom stereocenters. The van der Waals surface area contributed by atoms with Crippen molar-refractivity contribution in [2.45, 2.75) is 26.8 Å². The standard InChI is InChI=1S/C21H25N5OS/c1-4-26(5-2)17(16-10-7-6-8-11-16)14-24-20(27)18-15(3)25-21(28-18)19-22-12-9-13-23-19/h6-13,17H,4-5,14H2,1-3H3,(H,24,27)/t17-/m0/s1. The van der Waals surface area contributed by atoms with Crippen molar-refractivity contribution in [3.63, 3.8) is 0 Å². The molecule has 1 amide bonds. The third kappa shape index (κ3) is 4.61. The van der Waals surface area contributed by atoms with Gasteiger partial charge in [0.1, 0.15) is 4.88 Å². The summed E-state index contributed by atoms with van der Waals surface area (Å²) in [5.74, 6) is 0.435. The van der Waals surface area contributed by atoms with Gasteiger partial charge in [-0.1, -0.05) is 44.2 Å². The lowest BCUT2D eigenvalue weighted by atomic mass is 10.1. The molecular weight excluding hydrogens is 370 g/mol. The summed E-state index contributed by atoms with van der Waals surface area (Å²) in [4.78, 5) is 28.7. The summed E-state index contributed by atoms with van der Waals surface area (Å²) in [6, 6.07) is 12.2. The Bertz CT molecular complexity index is 894. The van der Waals surface area contributed by atoms with E-state index < -0.39 is 0 Å². The van der Waals surface area contributed by atoms with Crippen LogP contribution in [-0.4, -0.2) is 45.4 Å². The SMILES string of the molecule is CCN(CC)[C@@H](CNC(=O)c1sc(-c2ncccn2)nc1C)c1ccccc1. The molecule has 0 aliphatic rings. The molecule has 0 radical (unpaired) electrons. The van der Waals surface area contributed by atoms with Crippen molar-refractivity contribution in [1.82, 2.24) is 25.2 Å². The first-order valence-electron chi connectivity index (χ1n) is 9.46. The van der Waals surface area contributed by atoms with Crippen molar-refractivity contribution in [3.8, 4) is 10.8 Å². The Morgan fingerprint density at radius 2 is 1.79 bits per heavy atom. The maximum Gasteiger partial charge on any atom is 0.263 e. The van der Waals surface area contributed by atoms with Crippen LogP contribution in [0, 0.1) is 6.92 Å². The van der Waals surface area contributed by atoms with Gasteiger partial charge in [0, 0.05) is 18.9 Å². The highest BCUT2D eigenvalue weighted by Gasteiger charge is 2.21. The third-order valence-corrected chi connectivity index (χ3v) is 5.81. The fourth-order valence-electron chi connectivity index (χ4n) is 3.18. The highest BCUT2D eigenvalue weighted by Crippen LogP contribution is 2.25. The summed E-state index contributed by atoms with van der Waals surface area (Å²) in [6.07, 6.45) is 3.35. The van der Waals surface area contributed by atoms with Gasteiger partial charge < -0.3 is 5.32 Å². The highest BCUT2D eigenvalue weighted by atomic mass is 32.1. The molecule has 2 heterocycles. The van der Waals surface area contributed by atoms with Gasteiger partial charge in [-0.2, -0.15) is 0 Å². The Morgan fingerprint density at radius 3 is 2.43 bits per heavy atom. The molecule has 1 N–H and O–H groups in total. The Hall–Kier alpha value is -2.64. The second-order valence-electron chi connectivity index (χ2n) is 6.36. The second-order valence-corrected chi connectivity index (χ2v) is 7.36. The average Bonchev–Trinajstić information content (AvgIpc) is 3.14. The monoisotopic (exact) mass is 395 g/mol. The lowest BCUT2D eigenvalue weighted by Gasteiger charge is -2.30. The molecule has 1 aromatic carbocycles. The van der Waals surface area contributed by atoms with Gasteiger partial charge >= 0.3 is 0 Å². The largest absolute Gasteiger partial charge is 0.349 e. The molecule has 0 aliphatic heterocycles. The molecule has 0 fully saturated rings. The first-order chi connectivity index (χ1) is 13.6. The van der Waals surface area contributed by atoms with Gasteiger partial charge in [-0.15, -0.1) is 11.3 Å². The van der Waals surface area contributed by atoms with Gasteiger partial charge in [0.2, 0.25) is 0 Å². The van der Waals surface area contributed by atoms with Crippen molar-refractivity contribution < 1.29 is 4.79 Å². The molecule has 0 aliphatic carbocycles. The highest BCUT2D eigenvalue weighted by molar-refractivity contribution is 7.17. The number of rotatable bonds is 8. The Labute approximate surface area is 169 Å². The van der Waals surface area contributed by atoms with Crippen molar-refractivity contribution in [2.75, 3.05) is 19.6 Å². The van der Waals surface area contributed by atoms with E-state index in [0.29, 0.717) is 27.9 Å². The minimum Gasteiger partial charge on any atom is -0.349 e. The molecule has 1 atom stereocenters. The molecule has 2 aromatic heterocycles. The Morgan fingerprint density at radius 1 is 1.11 bits per heavy atom. The van der Waals surface area contributed by atoms with Crippen LogP contribution >= 0.6 is 11.3 Å². The lowest BCUT2D eigenvalue weighted by molar-refractivity contribution is 0.0938. The number of benzene rings is 1. The van der Waals surface area contributed by atoms with Gasteiger partial charge in [0.05, 0.1) is 11.7 Å². The molecule has 7 heteroatoms. The normalized spacial score (nSPS) is 12.1. The minimum atomic E-state index is -0.106. The second kappa shape index (κ2) is 9.52. The van der Waals surface area contributed by atoms with E-state index in [1.165, 1.54) is 16.9 Å². The molecule has 28 heavy (non-hydrogen) atoms. The van der Waals surface area contributed by atoms with Crippen molar-refractivity contribution in [2.24, 2.45) is 0 Å². The van der Waals surface area contributed by atoms with E-state index in [0.717, 1.165) is 13.1 Å². The van der Waals surface area contributed by atoms with Crippen LogP contribution in [0.1, 0.15) is 40.8 Å². The number of nitrogens with one attached hydrogen (secondary N) is 1. The number of carbonyl (C=O) groups excluding carboxylic acids is 1. The lowest BCUT2D eigenvalue weighted by Crippen LogP contribution is -2.38. The average molecular weight is 396 g/mol. The van der Waals surface area contributed by atoms with Gasteiger partial charge in [0.15, 0.2) is 10.8 Å². The fraction of sp³-hybridized carbons (Fsp3) is 0.333. The molecular formula is C21H25N5OS. The number of amides is 1. The fourth-order valence-corrected chi connectivity index (χ4v) is 4.11. The Balaban J connectivity index is 1.75. The topological polar surface area (TPSA) is 71.0 Å². The van der Waals surface area contributed by atoms with Gasteiger partial charge in [-0.05, 0) is 31.6 Å². The number of aryl methyl sites for hydroxylation is 1. The zero-order valence-corrected chi connectivity index (χ0v) is 17.2. The maximum atomic E-state index is 12.8. The smallest absolute Gasteiger partial charge is 0.263 e. The third-order valence-electron chi connectivity index (χ3n) is 4.65. The van der Waals surface area contributed by atoms with Crippen molar-refractivity contribution in [1.29, 1.82) is 0 Å². The predicted octanol–water partition coefficient (Wildman–Crippen LogP) is 3.72. The predicted molar refractivity (Wildman–Crippen MR) is 112 cm³/mol. The Kier molecular flexibility index (Phi) is 6.84. The van der Waals surface area contributed by atoms with Gasteiger partial charge in [-0.25, -0.2) is 15.0 Å². The van der Waals surface area contributed by atoms with Crippen LogP contribution in [0.5, 0.6) is 0 Å². The first-order valence-corrected chi connectivity index (χ1v) is 10.3. The van der Waals surface area contributed by atoms with Crippen LogP contribution in [0.3, 0.4) is 0 Å². The van der Waals surface area contributed by atoms with Crippen LogP contribution in [0.25, 0.3) is 10.8 Å². The summed E-state index contributed by atoms with van der Waals surface area (Å²) in [6.45, 7) is 8.50. The first kappa shape index (κ1) is 20.1. The molecule has 3 rings (SSSR count). The zero-order valence-electron chi connectivity index (χ0n) is 16.4. The molecule has 0 bridgehead atoms. The number of hydrogen-bond acceptors (Lipinski definition) is 6. The zero-order chi connectivity index (χ0) is 19.9. The number of aromatic nitrogens is 3. The molecule has 146 valence electrons. The van der Waals surface area contributed by atoms with Crippen molar-refractivity contribution >= 4 is 17.2 Å². The minimum absolute atomic E-state index is 0.106. The van der Waals surface area contributed by atoms with Gasteiger partial charge in [0.25, 0.3) is 5.91 Å². The van der Waals surface area contributed by atoms with E-state index in [9.17, 15) is 4.79 Å². The maximum absolute atomic E-state index is 12.8. The molecule has 0 spiro atoms. The summed E-state index contributed by atoms with van der Waals surface area (Å²) >= 11 is 1.33. The van der Waals surface area contributed by atoms with Crippen LogP contribution in [-0.2, 0) is 0 Å². The van der Waals surface area contributed by atoms with Crippen LogP contribution in [0.4, 0.5) is 0 Å². The van der Waals surface area contributed by atoms with Gasteiger partial charge in [-0.3, -0.25) is 9.69 Å². The summed E-state index contributed by atoms with van der Waals surface area (Å²) < 4.78 is 0. The number of carbonyl (C=O) groups is 1. The summed E-state index contributed by atoms with van der Waals surface area (Å²) in [5.41, 5.74) is 1.90. The van der Waals surface area contributed by atoms with E-state index in [2.05, 4.69) is 51.1 Å². The van der Waals surface area contributed by atoms with E-state index in [-0.39, 0.29) is 11.9 Å². The van der Waals surface area contributed by atoms with E-state index in [1.807, 2.05) is 25.1 Å². The quantitative estimate of drug-likeness (QED) is 0.629. The number of thiazole rings is 1. The van der Waals surface area contributed by atoms with Crippen LogP contribution in [0.2, 0.25) is 0 Å². The summed E-state index contributed by atoms with van der Waals surface area (Å²) in [7, 11) is 0. The molecule has 6 nitrogen and oxygen atoms in total. The summed E-state index contributed by atoms with van der Waals surface area (Å²) in [5, 5.41) is 3.76. The number of hydrogen-bond donors (Lipinski definition) is 1. The van der Waals surface area contributed by atoms with E-state index in [1.54, 1.807) is 18.5 Å². The van der Waals surface area contributed by atoms with Crippen molar-refractivity contribution in [3.05, 3.63) is 64.9 Å². The molecule has 0 saturated carbocycles.